The fraction of sp³-hybridized carbons (Fsp3) is 0.429. The van der Waals surface area contributed by atoms with Gasteiger partial charge in [-0.15, -0.1) is 0 Å². The molecule has 4 aromatic carbocycles. The molecular weight excluding hydrogens is 518 g/mol. The van der Waals surface area contributed by atoms with Gasteiger partial charge in [-0.1, -0.05) is 88.4 Å². The maximum Gasteiger partial charge on any atom is 0.0502 e. The van der Waals surface area contributed by atoms with E-state index in [-0.39, 0.29) is 16.2 Å². The van der Waals surface area contributed by atoms with Gasteiger partial charge >= 0.3 is 0 Å². The third-order valence-corrected chi connectivity index (χ3v) is 14.0. The van der Waals surface area contributed by atoms with Gasteiger partial charge in [0.2, 0.25) is 0 Å². The summed E-state index contributed by atoms with van der Waals surface area (Å²) in [7, 11) is 0. The smallest absolute Gasteiger partial charge is 0.0502 e. The molecule has 0 aliphatic heterocycles. The molecule has 4 fully saturated rings. The Morgan fingerprint density at radius 2 is 1.33 bits per heavy atom. The fourth-order valence-electron chi connectivity index (χ4n) is 12.3. The van der Waals surface area contributed by atoms with E-state index in [0.29, 0.717) is 5.41 Å². The Labute approximate surface area is 257 Å². The van der Waals surface area contributed by atoms with Crippen molar-refractivity contribution in [3.63, 3.8) is 0 Å². The van der Waals surface area contributed by atoms with Gasteiger partial charge in [0.15, 0.2) is 0 Å². The predicted molar refractivity (Wildman–Crippen MR) is 177 cm³/mol. The summed E-state index contributed by atoms with van der Waals surface area (Å²) in [5.74, 6) is 3.71. The van der Waals surface area contributed by atoms with Crippen molar-refractivity contribution >= 4 is 17.1 Å². The van der Waals surface area contributed by atoms with Crippen LogP contribution in [0.4, 0.5) is 17.1 Å². The first kappa shape index (κ1) is 25.1. The standard InChI is InChI=1S/C42H43N/c1-39(2)19-20-40(3,4)38-34(39)15-10-16-35(38)43(28-11-6-5-7-12-28)29-17-18-33-31(24-29)30-13-8-9-14-32(30)42(33)36-22-26-21-27-23-37(42)41(27,36)25-26/h5-18,24,26-27,36-37H,19-23,25H2,1-4H3. The van der Waals surface area contributed by atoms with Crippen molar-refractivity contribution in [3.05, 3.63) is 113 Å². The van der Waals surface area contributed by atoms with Crippen LogP contribution in [0.2, 0.25) is 0 Å². The third-order valence-electron chi connectivity index (χ3n) is 14.0. The molecule has 216 valence electrons. The van der Waals surface area contributed by atoms with E-state index in [4.69, 9.17) is 0 Å². The van der Waals surface area contributed by atoms with E-state index in [1.54, 1.807) is 11.1 Å². The molecule has 6 aliphatic carbocycles. The summed E-state index contributed by atoms with van der Waals surface area (Å²) in [6, 6.07) is 35.4. The lowest BCUT2D eigenvalue weighted by molar-refractivity contribution is -0.231. The maximum absolute atomic E-state index is 2.58. The Bertz CT molecular complexity index is 1830. The van der Waals surface area contributed by atoms with Gasteiger partial charge in [0.25, 0.3) is 0 Å². The Hall–Kier alpha value is -3.32. The first-order chi connectivity index (χ1) is 20.8. The zero-order valence-electron chi connectivity index (χ0n) is 26.2. The number of para-hydroxylation sites is 1. The minimum atomic E-state index is 0.116. The van der Waals surface area contributed by atoms with Crippen LogP contribution >= 0.6 is 0 Å². The summed E-state index contributed by atoms with van der Waals surface area (Å²) >= 11 is 0. The van der Waals surface area contributed by atoms with Crippen molar-refractivity contribution in [2.75, 3.05) is 4.90 Å². The second kappa shape index (κ2) is 7.84. The molecule has 0 heterocycles. The van der Waals surface area contributed by atoms with Crippen LogP contribution in [-0.2, 0) is 16.2 Å². The molecule has 6 atom stereocenters. The molecule has 4 saturated carbocycles. The van der Waals surface area contributed by atoms with Crippen LogP contribution in [0, 0.1) is 29.1 Å². The van der Waals surface area contributed by atoms with Gasteiger partial charge in [0.05, 0.1) is 5.69 Å². The Morgan fingerprint density at radius 3 is 2.16 bits per heavy atom. The molecule has 1 heteroatoms. The van der Waals surface area contributed by atoms with Crippen molar-refractivity contribution in [2.24, 2.45) is 29.1 Å². The zero-order valence-corrected chi connectivity index (χ0v) is 26.2. The number of rotatable bonds is 3. The van der Waals surface area contributed by atoms with E-state index in [1.165, 1.54) is 77.8 Å². The van der Waals surface area contributed by atoms with Gasteiger partial charge in [0.1, 0.15) is 0 Å². The van der Waals surface area contributed by atoms with Gasteiger partial charge in [0, 0.05) is 16.8 Å². The normalized spacial score (nSPS) is 34.0. The molecule has 6 aliphatic rings. The summed E-state index contributed by atoms with van der Waals surface area (Å²) in [5, 5.41) is 0. The highest BCUT2D eigenvalue weighted by molar-refractivity contribution is 5.89. The van der Waals surface area contributed by atoms with Crippen molar-refractivity contribution in [3.8, 4) is 11.1 Å². The fourth-order valence-corrected chi connectivity index (χ4v) is 12.3. The lowest BCUT2D eigenvalue weighted by Crippen LogP contribution is -2.73. The average Bonchev–Trinajstić information content (AvgIpc) is 3.64. The molecular formula is C42H43N. The number of benzene rings is 4. The van der Waals surface area contributed by atoms with E-state index in [1.807, 2.05) is 0 Å². The van der Waals surface area contributed by atoms with Gasteiger partial charge in [-0.25, -0.2) is 0 Å². The van der Waals surface area contributed by atoms with Gasteiger partial charge in [-0.3, -0.25) is 0 Å². The summed E-state index contributed by atoms with van der Waals surface area (Å²) in [4.78, 5) is 2.58. The van der Waals surface area contributed by atoms with Gasteiger partial charge in [-0.2, -0.15) is 0 Å². The summed E-state index contributed by atoms with van der Waals surface area (Å²) < 4.78 is 0. The SMILES string of the molecule is CC1(C)CCC(C)(C)c2c(N(c3ccccc3)c3ccc4c(c3)-c3ccccc3C43C4CC5CC6CC3C64C5)cccc21. The number of hydrogen-bond acceptors (Lipinski definition) is 1. The molecule has 6 unspecified atom stereocenters. The van der Waals surface area contributed by atoms with Crippen LogP contribution in [0.5, 0.6) is 0 Å². The van der Waals surface area contributed by atoms with Crippen molar-refractivity contribution < 1.29 is 0 Å². The number of hydrogen-bond donors (Lipinski definition) is 0. The third kappa shape index (κ3) is 2.79. The summed E-state index contributed by atoms with van der Waals surface area (Å²) in [6.07, 6.45) is 8.40. The number of anilines is 3. The number of fused-ring (bicyclic) bond motifs is 9. The molecule has 2 bridgehead atoms. The Morgan fingerprint density at radius 1 is 0.605 bits per heavy atom. The minimum Gasteiger partial charge on any atom is -0.310 e. The van der Waals surface area contributed by atoms with Crippen molar-refractivity contribution in [1.29, 1.82) is 0 Å². The van der Waals surface area contributed by atoms with E-state index >= 15 is 0 Å². The summed E-state index contributed by atoms with van der Waals surface area (Å²) in [5.41, 5.74) is 14.4. The molecule has 4 aromatic rings. The predicted octanol–water partition coefficient (Wildman–Crippen LogP) is 10.8. The Kier molecular flexibility index (Phi) is 4.57. The van der Waals surface area contributed by atoms with Crippen molar-refractivity contribution in [1.82, 2.24) is 0 Å². The van der Waals surface area contributed by atoms with Crippen LogP contribution in [0.15, 0.2) is 91.0 Å². The largest absolute Gasteiger partial charge is 0.310 e. The second-order valence-electron chi connectivity index (χ2n) is 16.5. The number of nitrogens with zero attached hydrogens (tertiary/aromatic N) is 1. The van der Waals surface area contributed by atoms with Crippen LogP contribution in [0.1, 0.15) is 88.5 Å². The topological polar surface area (TPSA) is 3.24 Å². The second-order valence-corrected chi connectivity index (χ2v) is 16.5. The zero-order chi connectivity index (χ0) is 28.9. The molecule has 0 N–H and O–H groups in total. The Balaban J connectivity index is 1.19. The van der Waals surface area contributed by atoms with Crippen LogP contribution in [0.25, 0.3) is 11.1 Å². The van der Waals surface area contributed by atoms with Crippen LogP contribution in [0.3, 0.4) is 0 Å². The molecule has 0 amide bonds. The molecule has 0 radical (unpaired) electrons. The lowest BCUT2D eigenvalue weighted by atomic mass is 9.27. The average molecular weight is 562 g/mol. The monoisotopic (exact) mass is 561 g/mol. The van der Waals surface area contributed by atoms with E-state index in [0.717, 1.165) is 23.7 Å². The lowest BCUT2D eigenvalue weighted by Gasteiger charge is -2.76. The highest BCUT2D eigenvalue weighted by atomic mass is 15.1. The molecule has 0 saturated heterocycles. The summed E-state index contributed by atoms with van der Waals surface area (Å²) in [6.45, 7) is 9.80. The molecule has 0 aromatic heterocycles. The molecule has 43 heavy (non-hydrogen) atoms. The first-order valence-corrected chi connectivity index (χ1v) is 17.0. The van der Waals surface area contributed by atoms with Gasteiger partial charge < -0.3 is 4.90 Å². The molecule has 2 spiro atoms. The molecule has 1 nitrogen and oxygen atoms in total. The highest BCUT2D eigenvalue weighted by Gasteiger charge is 2.84. The van der Waals surface area contributed by atoms with Gasteiger partial charge in [-0.05, 0) is 142 Å². The quantitative estimate of drug-likeness (QED) is 0.240. The maximum atomic E-state index is 2.58. The van der Waals surface area contributed by atoms with Crippen molar-refractivity contribution in [2.45, 2.75) is 82.5 Å². The molecule has 10 rings (SSSR count). The van der Waals surface area contributed by atoms with E-state index in [9.17, 15) is 0 Å². The highest BCUT2D eigenvalue weighted by Crippen LogP contribution is 2.89. The van der Waals surface area contributed by atoms with E-state index < -0.39 is 0 Å². The van der Waals surface area contributed by atoms with E-state index in [2.05, 4.69) is 124 Å². The first-order valence-electron chi connectivity index (χ1n) is 17.0. The van der Waals surface area contributed by atoms with Crippen LogP contribution < -0.4 is 4.90 Å². The van der Waals surface area contributed by atoms with Crippen LogP contribution in [-0.4, -0.2) is 0 Å². The minimum absolute atomic E-state index is 0.116.